The van der Waals surface area contributed by atoms with Gasteiger partial charge < -0.3 is 10.4 Å². The van der Waals surface area contributed by atoms with Crippen LogP contribution in [0.25, 0.3) is 0 Å². The van der Waals surface area contributed by atoms with Crippen molar-refractivity contribution >= 4 is 23.4 Å². The lowest BCUT2D eigenvalue weighted by atomic mass is 10.1. The lowest BCUT2D eigenvalue weighted by Gasteiger charge is -2.17. The number of hydrogen-bond donors (Lipinski definition) is 2. The number of hydrogen-bond acceptors (Lipinski definition) is 3. The molecule has 0 spiro atoms. The van der Waals surface area contributed by atoms with Crippen LogP contribution in [0.4, 0.5) is 19.0 Å². The second-order valence-corrected chi connectivity index (χ2v) is 4.31. The summed E-state index contributed by atoms with van der Waals surface area (Å²) in [6.45, 7) is 1.75. The largest absolute Gasteiger partial charge is 0.481 e. The Labute approximate surface area is 112 Å². The first-order chi connectivity index (χ1) is 8.74. The number of pyridine rings is 1. The zero-order valence-electron chi connectivity index (χ0n) is 9.96. The van der Waals surface area contributed by atoms with E-state index in [1.54, 1.807) is 6.92 Å². The molecule has 1 atom stereocenters. The Bertz CT molecular complexity index is 466. The van der Waals surface area contributed by atoms with Gasteiger partial charge in [-0.3, -0.25) is 4.79 Å². The number of carboxylic acid groups (broad SMARTS) is 1. The summed E-state index contributed by atoms with van der Waals surface area (Å²) in [6.07, 6.45) is -3.55. The van der Waals surface area contributed by atoms with Crippen LogP contribution in [-0.2, 0) is 11.0 Å². The second kappa shape index (κ2) is 6.10. The Hall–Kier alpha value is -1.50. The summed E-state index contributed by atoms with van der Waals surface area (Å²) in [4.78, 5) is 14.2. The van der Waals surface area contributed by atoms with E-state index in [-0.39, 0.29) is 17.3 Å². The van der Waals surface area contributed by atoms with Crippen LogP contribution in [0.1, 0.15) is 25.3 Å². The van der Waals surface area contributed by atoms with Crippen LogP contribution >= 0.6 is 11.6 Å². The number of nitrogens with zero attached hydrogens (tertiary/aromatic N) is 1. The van der Waals surface area contributed by atoms with Gasteiger partial charge in [-0.05, 0) is 12.5 Å². The van der Waals surface area contributed by atoms with Crippen LogP contribution in [0.15, 0.2) is 12.3 Å². The molecule has 8 heteroatoms. The van der Waals surface area contributed by atoms with Gasteiger partial charge in [-0.1, -0.05) is 18.5 Å². The monoisotopic (exact) mass is 296 g/mol. The predicted molar refractivity (Wildman–Crippen MR) is 64.2 cm³/mol. The molecule has 0 fully saturated rings. The third-order valence-electron chi connectivity index (χ3n) is 2.42. The van der Waals surface area contributed by atoms with Gasteiger partial charge in [0.2, 0.25) is 0 Å². The molecular formula is C11H12ClF3N2O2. The summed E-state index contributed by atoms with van der Waals surface area (Å²) in [5, 5.41) is 11.2. The minimum Gasteiger partial charge on any atom is -0.481 e. The first-order valence-electron chi connectivity index (χ1n) is 5.45. The Kier molecular flexibility index (Phi) is 4.99. The highest BCUT2D eigenvalue weighted by Crippen LogP contribution is 2.32. The second-order valence-electron chi connectivity index (χ2n) is 3.90. The Balaban J connectivity index is 2.88. The maximum Gasteiger partial charge on any atom is 0.417 e. The molecule has 0 aromatic carbocycles. The summed E-state index contributed by atoms with van der Waals surface area (Å²) < 4.78 is 37.2. The van der Waals surface area contributed by atoms with E-state index in [9.17, 15) is 18.0 Å². The lowest BCUT2D eigenvalue weighted by molar-refractivity contribution is -0.138. The van der Waals surface area contributed by atoms with E-state index in [0.717, 1.165) is 6.07 Å². The molecule has 0 aliphatic rings. The molecule has 19 heavy (non-hydrogen) atoms. The van der Waals surface area contributed by atoms with E-state index < -0.39 is 23.8 Å². The van der Waals surface area contributed by atoms with Crippen molar-refractivity contribution in [3.63, 3.8) is 0 Å². The summed E-state index contributed by atoms with van der Waals surface area (Å²) in [7, 11) is 0. The molecule has 2 N–H and O–H groups in total. The normalized spacial score (nSPS) is 13.1. The van der Waals surface area contributed by atoms with Crippen molar-refractivity contribution < 1.29 is 23.1 Å². The zero-order chi connectivity index (χ0) is 14.6. The molecule has 1 heterocycles. The van der Waals surface area contributed by atoms with E-state index in [1.807, 2.05) is 0 Å². The van der Waals surface area contributed by atoms with Crippen molar-refractivity contribution in [2.75, 3.05) is 5.32 Å². The molecule has 1 aromatic heterocycles. The molecule has 106 valence electrons. The topological polar surface area (TPSA) is 62.2 Å². The molecule has 4 nitrogen and oxygen atoms in total. The van der Waals surface area contributed by atoms with E-state index in [4.69, 9.17) is 16.7 Å². The third kappa shape index (κ3) is 4.59. The SMILES string of the molecule is CCC(CC(=O)O)Nc1ncc(C(F)(F)F)cc1Cl. The van der Waals surface area contributed by atoms with Crippen LogP contribution in [0.3, 0.4) is 0 Å². The maximum absolute atomic E-state index is 12.4. The van der Waals surface area contributed by atoms with E-state index >= 15 is 0 Å². The molecular weight excluding hydrogens is 285 g/mol. The van der Waals surface area contributed by atoms with Crippen LogP contribution in [0, 0.1) is 0 Å². The molecule has 1 unspecified atom stereocenters. The standard InChI is InChI=1S/C11H12ClF3N2O2/c1-2-7(4-9(18)19)17-10-8(12)3-6(5-16-10)11(13,14)15/h3,5,7H,2,4H2,1H3,(H,16,17)(H,18,19). The van der Waals surface area contributed by atoms with Gasteiger partial charge in [0.15, 0.2) is 0 Å². The third-order valence-corrected chi connectivity index (χ3v) is 2.71. The highest BCUT2D eigenvalue weighted by atomic mass is 35.5. The fourth-order valence-electron chi connectivity index (χ4n) is 1.40. The number of aromatic nitrogens is 1. The number of carboxylic acids is 1. The van der Waals surface area contributed by atoms with Gasteiger partial charge in [0.1, 0.15) is 5.82 Å². The minimum atomic E-state index is -4.51. The van der Waals surface area contributed by atoms with E-state index in [0.29, 0.717) is 12.6 Å². The minimum absolute atomic E-state index is 0.0442. The van der Waals surface area contributed by atoms with Crippen molar-refractivity contribution in [1.82, 2.24) is 4.98 Å². The summed E-state index contributed by atoms with van der Waals surface area (Å²) in [5.41, 5.74) is -0.950. The van der Waals surface area contributed by atoms with Crippen molar-refractivity contribution in [2.45, 2.75) is 32.0 Å². The molecule has 0 aliphatic heterocycles. The van der Waals surface area contributed by atoms with Crippen molar-refractivity contribution in [3.8, 4) is 0 Å². The van der Waals surface area contributed by atoms with Crippen molar-refractivity contribution in [2.24, 2.45) is 0 Å². The molecule has 0 radical (unpaired) electrons. The molecule has 0 saturated heterocycles. The highest BCUT2D eigenvalue weighted by molar-refractivity contribution is 6.33. The van der Waals surface area contributed by atoms with Crippen LogP contribution in [0.5, 0.6) is 0 Å². The lowest BCUT2D eigenvalue weighted by Crippen LogP contribution is -2.23. The van der Waals surface area contributed by atoms with E-state index in [1.165, 1.54) is 0 Å². The number of carbonyl (C=O) groups is 1. The number of nitrogens with one attached hydrogen (secondary N) is 1. The Morgan fingerprint density at radius 2 is 2.21 bits per heavy atom. The van der Waals surface area contributed by atoms with Gasteiger partial charge in [-0.2, -0.15) is 13.2 Å². The fourth-order valence-corrected chi connectivity index (χ4v) is 1.62. The van der Waals surface area contributed by atoms with E-state index in [2.05, 4.69) is 10.3 Å². The number of alkyl halides is 3. The quantitative estimate of drug-likeness (QED) is 0.874. The first kappa shape index (κ1) is 15.6. The van der Waals surface area contributed by atoms with Crippen molar-refractivity contribution in [1.29, 1.82) is 0 Å². The van der Waals surface area contributed by atoms with Crippen LogP contribution < -0.4 is 5.32 Å². The van der Waals surface area contributed by atoms with Gasteiger partial charge in [-0.25, -0.2) is 4.98 Å². The number of rotatable bonds is 5. The Morgan fingerprint density at radius 1 is 1.58 bits per heavy atom. The molecule has 1 rings (SSSR count). The molecule has 0 aliphatic carbocycles. The number of halogens is 4. The van der Waals surface area contributed by atoms with Gasteiger partial charge in [0.25, 0.3) is 0 Å². The fraction of sp³-hybridized carbons (Fsp3) is 0.455. The molecule has 0 bridgehead atoms. The predicted octanol–water partition coefficient (Wildman–Crippen LogP) is 3.42. The van der Waals surface area contributed by atoms with Gasteiger partial charge in [0.05, 0.1) is 17.0 Å². The van der Waals surface area contributed by atoms with Gasteiger partial charge >= 0.3 is 12.1 Å². The van der Waals surface area contributed by atoms with Gasteiger partial charge in [-0.15, -0.1) is 0 Å². The Morgan fingerprint density at radius 3 is 2.63 bits per heavy atom. The summed E-state index contributed by atoms with van der Waals surface area (Å²) in [5.74, 6) is -0.967. The van der Waals surface area contributed by atoms with Gasteiger partial charge in [0, 0.05) is 12.2 Å². The van der Waals surface area contributed by atoms with Crippen LogP contribution in [0.2, 0.25) is 5.02 Å². The van der Waals surface area contributed by atoms with Crippen LogP contribution in [-0.4, -0.2) is 22.1 Å². The summed E-state index contributed by atoms with van der Waals surface area (Å²) >= 11 is 5.70. The maximum atomic E-state index is 12.4. The highest BCUT2D eigenvalue weighted by Gasteiger charge is 2.31. The molecule has 0 amide bonds. The molecule has 0 saturated carbocycles. The van der Waals surface area contributed by atoms with Crippen molar-refractivity contribution in [3.05, 3.63) is 22.8 Å². The first-order valence-corrected chi connectivity index (χ1v) is 5.83. The smallest absolute Gasteiger partial charge is 0.417 e. The zero-order valence-corrected chi connectivity index (χ0v) is 10.7. The average Bonchev–Trinajstić information content (AvgIpc) is 2.28. The summed E-state index contributed by atoms with van der Waals surface area (Å²) in [6, 6.07) is 0.309. The number of aliphatic carboxylic acids is 1. The number of anilines is 1. The average molecular weight is 297 g/mol. The molecule has 1 aromatic rings.